The quantitative estimate of drug-likeness (QED) is 0.103. The minimum Gasteiger partial charge on any atom is -0.494 e. The summed E-state index contributed by atoms with van der Waals surface area (Å²) in [6, 6.07) is 17.6. The smallest absolute Gasteiger partial charge is 0.119 e. The van der Waals surface area contributed by atoms with Gasteiger partial charge in [-0.3, -0.25) is 0 Å². The molecule has 0 amide bonds. The zero-order valence-electron chi connectivity index (χ0n) is 26.4. The van der Waals surface area contributed by atoms with Crippen molar-refractivity contribution in [2.24, 2.45) is 0 Å². The fraction of sp³-hybridized carbons (Fsp3) is 0.684. The van der Waals surface area contributed by atoms with Crippen molar-refractivity contribution in [1.82, 2.24) is 0 Å². The molecule has 40 heavy (non-hydrogen) atoms. The van der Waals surface area contributed by atoms with E-state index < -0.39 is 0 Å². The maximum Gasteiger partial charge on any atom is 0.119 e. The molecule has 0 aliphatic carbocycles. The van der Waals surface area contributed by atoms with Crippen LogP contribution in [0.2, 0.25) is 0 Å². The number of hydrogen-bond acceptors (Lipinski definition) is 2. The summed E-state index contributed by atoms with van der Waals surface area (Å²) in [6.07, 6.45) is 29.0. The summed E-state index contributed by atoms with van der Waals surface area (Å²) in [6.45, 7) is 6.22. The lowest BCUT2D eigenvalue weighted by molar-refractivity contribution is 0.297. The molecule has 2 aromatic carbocycles. The summed E-state index contributed by atoms with van der Waals surface area (Å²) < 4.78 is 11.9. The van der Waals surface area contributed by atoms with Gasteiger partial charge in [0.2, 0.25) is 0 Å². The topological polar surface area (TPSA) is 18.5 Å². The first kappa shape index (κ1) is 34.2. The van der Waals surface area contributed by atoms with Crippen LogP contribution in [0.15, 0.2) is 48.5 Å². The number of rotatable bonds is 27. The molecule has 0 saturated carbocycles. The van der Waals surface area contributed by atoms with Crippen molar-refractivity contribution in [2.45, 2.75) is 155 Å². The van der Waals surface area contributed by atoms with Crippen molar-refractivity contribution < 1.29 is 9.47 Å². The average Bonchev–Trinajstić information content (AvgIpc) is 2.98. The third-order valence-electron chi connectivity index (χ3n) is 8.06. The van der Waals surface area contributed by atoms with Gasteiger partial charge >= 0.3 is 0 Å². The van der Waals surface area contributed by atoms with Crippen molar-refractivity contribution in [3.05, 3.63) is 59.7 Å². The van der Waals surface area contributed by atoms with Crippen LogP contribution in [0.3, 0.4) is 0 Å². The van der Waals surface area contributed by atoms with Gasteiger partial charge in [-0.25, -0.2) is 0 Å². The van der Waals surface area contributed by atoms with Crippen LogP contribution < -0.4 is 9.47 Å². The number of hydrogen-bond donors (Lipinski definition) is 0. The third-order valence-corrected chi connectivity index (χ3v) is 8.06. The van der Waals surface area contributed by atoms with Gasteiger partial charge in [0, 0.05) is 0 Å². The molecule has 0 bridgehead atoms. The van der Waals surface area contributed by atoms with E-state index in [1.807, 2.05) is 0 Å². The van der Waals surface area contributed by atoms with E-state index in [4.69, 9.17) is 9.47 Å². The molecule has 2 rings (SSSR count). The molecule has 0 radical (unpaired) electrons. The Bertz CT molecular complexity index is 726. The number of aryl methyl sites for hydroxylation is 2. The molecule has 0 N–H and O–H groups in total. The highest BCUT2D eigenvalue weighted by atomic mass is 16.5. The Balaban J connectivity index is 1.38. The van der Waals surface area contributed by atoms with Crippen molar-refractivity contribution >= 4 is 0 Å². The normalized spacial score (nSPS) is 11.2. The molecule has 2 heteroatoms. The predicted molar refractivity (Wildman–Crippen MR) is 175 cm³/mol. The number of unbranched alkanes of at least 4 members (excludes halogenated alkanes) is 17. The monoisotopic (exact) mass is 550 g/mol. The highest BCUT2D eigenvalue weighted by Gasteiger charge is 2.00. The number of ether oxygens (including phenoxy) is 2. The molecule has 2 aromatic rings. The van der Waals surface area contributed by atoms with E-state index in [-0.39, 0.29) is 0 Å². The van der Waals surface area contributed by atoms with E-state index in [0.29, 0.717) is 0 Å². The Kier molecular flexibility index (Phi) is 21.2. The van der Waals surface area contributed by atoms with Crippen molar-refractivity contribution in [3.8, 4) is 11.5 Å². The first-order valence-corrected chi connectivity index (χ1v) is 17.2. The summed E-state index contributed by atoms with van der Waals surface area (Å²) in [5.74, 6) is 2.04. The van der Waals surface area contributed by atoms with Crippen LogP contribution in [-0.4, -0.2) is 13.2 Å². The van der Waals surface area contributed by atoms with Crippen LogP contribution in [0.1, 0.15) is 153 Å². The second kappa shape index (κ2) is 24.8. The molecule has 226 valence electrons. The minimum absolute atomic E-state index is 0.829. The first-order valence-electron chi connectivity index (χ1n) is 17.2. The predicted octanol–water partition coefficient (Wildman–Crippen LogP) is 12.1. The fourth-order valence-electron chi connectivity index (χ4n) is 5.37. The minimum atomic E-state index is 0.829. The lowest BCUT2D eigenvalue weighted by atomic mass is 10.0. The molecule has 0 atom stereocenters. The van der Waals surface area contributed by atoms with Crippen molar-refractivity contribution in [3.63, 3.8) is 0 Å². The largest absolute Gasteiger partial charge is 0.494 e. The second-order valence-corrected chi connectivity index (χ2v) is 11.8. The Hall–Kier alpha value is -1.96. The zero-order valence-corrected chi connectivity index (χ0v) is 26.4. The Morgan fingerprint density at radius 3 is 1.00 bits per heavy atom. The zero-order chi connectivity index (χ0) is 28.4. The molecule has 0 heterocycles. The third kappa shape index (κ3) is 18.4. The summed E-state index contributed by atoms with van der Waals surface area (Å²) in [5, 5.41) is 0. The van der Waals surface area contributed by atoms with Crippen LogP contribution in [-0.2, 0) is 12.8 Å². The second-order valence-electron chi connectivity index (χ2n) is 11.8. The van der Waals surface area contributed by atoms with Crippen molar-refractivity contribution in [2.75, 3.05) is 13.2 Å². The van der Waals surface area contributed by atoms with Crippen LogP contribution in [0.4, 0.5) is 0 Å². The van der Waals surface area contributed by atoms with Crippen LogP contribution in [0, 0.1) is 0 Å². The van der Waals surface area contributed by atoms with Crippen LogP contribution in [0.25, 0.3) is 0 Å². The van der Waals surface area contributed by atoms with Crippen LogP contribution in [0.5, 0.6) is 11.5 Å². The van der Waals surface area contributed by atoms with Crippen molar-refractivity contribution in [1.29, 1.82) is 0 Å². The first-order chi connectivity index (χ1) is 19.8. The molecule has 2 nitrogen and oxygen atoms in total. The SMILES string of the molecule is CCCCCCCCCc1ccc(OCCCCCCCCOc2ccc(CCCCCCCCC)cc2)cc1. The van der Waals surface area contributed by atoms with Gasteiger partial charge in [-0.15, -0.1) is 0 Å². The molecular formula is C38H62O2. The van der Waals surface area contributed by atoms with Gasteiger partial charge in [-0.05, 0) is 73.9 Å². The van der Waals surface area contributed by atoms with Gasteiger partial charge in [-0.2, -0.15) is 0 Å². The molecule has 0 fully saturated rings. The van der Waals surface area contributed by atoms with E-state index in [9.17, 15) is 0 Å². The Labute approximate surface area is 248 Å². The van der Waals surface area contributed by atoms with E-state index in [1.165, 1.54) is 140 Å². The molecule has 0 aromatic heterocycles. The van der Waals surface area contributed by atoms with Gasteiger partial charge in [0.05, 0.1) is 13.2 Å². The maximum absolute atomic E-state index is 5.97. The lowest BCUT2D eigenvalue weighted by Crippen LogP contribution is -1.99. The molecule has 0 aliphatic rings. The van der Waals surface area contributed by atoms with Crippen LogP contribution >= 0.6 is 0 Å². The molecule has 0 aliphatic heterocycles. The van der Waals surface area contributed by atoms with Gasteiger partial charge in [0.15, 0.2) is 0 Å². The summed E-state index contributed by atoms with van der Waals surface area (Å²) in [4.78, 5) is 0. The van der Waals surface area contributed by atoms with Gasteiger partial charge < -0.3 is 9.47 Å². The average molecular weight is 551 g/mol. The summed E-state index contributed by atoms with van der Waals surface area (Å²) >= 11 is 0. The van der Waals surface area contributed by atoms with Gasteiger partial charge in [0.25, 0.3) is 0 Å². The van der Waals surface area contributed by atoms with Gasteiger partial charge in [-0.1, -0.05) is 141 Å². The summed E-state index contributed by atoms with van der Waals surface area (Å²) in [5.41, 5.74) is 2.89. The standard InChI is InChI=1S/C38H62O2/c1-3-5-7-9-11-15-19-23-35-25-29-37(30-26-35)39-33-21-17-13-14-18-22-34-40-38-31-27-36(28-32-38)24-20-16-12-10-8-6-4-2/h25-32H,3-24,33-34H2,1-2H3. The van der Waals surface area contributed by atoms with E-state index in [1.54, 1.807) is 0 Å². The maximum atomic E-state index is 5.97. The Morgan fingerprint density at radius 2 is 0.650 bits per heavy atom. The molecular weight excluding hydrogens is 488 g/mol. The highest BCUT2D eigenvalue weighted by Crippen LogP contribution is 2.18. The highest BCUT2D eigenvalue weighted by molar-refractivity contribution is 5.28. The van der Waals surface area contributed by atoms with E-state index >= 15 is 0 Å². The molecule has 0 unspecified atom stereocenters. The fourth-order valence-corrected chi connectivity index (χ4v) is 5.37. The van der Waals surface area contributed by atoms with E-state index in [0.717, 1.165) is 37.6 Å². The van der Waals surface area contributed by atoms with E-state index in [2.05, 4.69) is 62.4 Å². The number of benzene rings is 2. The molecule has 0 spiro atoms. The molecule has 0 saturated heterocycles. The van der Waals surface area contributed by atoms with Gasteiger partial charge in [0.1, 0.15) is 11.5 Å². The Morgan fingerprint density at radius 1 is 0.350 bits per heavy atom. The summed E-state index contributed by atoms with van der Waals surface area (Å²) in [7, 11) is 0. The lowest BCUT2D eigenvalue weighted by Gasteiger charge is -2.08.